The van der Waals surface area contributed by atoms with Crippen LogP contribution >= 0.6 is 11.3 Å². The highest BCUT2D eigenvalue weighted by atomic mass is 32.1. The molecule has 10 heteroatoms. The Bertz CT molecular complexity index is 1130. The summed E-state index contributed by atoms with van der Waals surface area (Å²) in [6.07, 6.45) is 0. The van der Waals surface area contributed by atoms with Gasteiger partial charge in [0.2, 0.25) is 0 Å². The number of rotatable bonds is 7. The molecular weight excluding hydrogens is 398 g/mol. The van der Waals surface area contributed by atoms with Crippen molar-refractivity contribution in [1.29, 1.82) is 0 Å². The van der Waals surface area contributed by atoms with Gasteiger partial charge in [0, 0.05) is 19.7 Å². The number of hydrogen-bond donors (Lipinski definition) is 0. The molecule has 0 bridgehead atoms. The van der Waals surface area contributed by atoms with Gasteiger partial charge in [-0.3, -0.25) is 14.9 Å². The molecule has 0 radical (unpaired) electrons. The minimum Gasteiger partial charge on any atom is -0.493 e. The first-order valence-electron chi connectivity index (χ1n) is 8.57. The topological polar surface area (TPSA) is 105 Å². The van der Waals surface area contributed by atoms with E-state index in [0.29, 0.717) is 18.0 Å². The van der Waals surface area contributed by atoms with Crippen LogP contribution in [0, 0.1) is 10.1 Å². The average Bonchev–Trinajstić information content (AvgIpc) is 3.07. The largest absolute Gasteiger partial charge is 0.493 e. The number of nitrogens with zero attached hydrogens (tertiary/aromatic N) is 3. The smallest absolute Gasteiger partial charge is 0.286 e. The Labute approximate surface area is 169 Å². The molecule has 0 unspecified atom stereocenters. The van der Waals surface area contributed by atoms with Gasteiger partial charge in [0.1, 0.15) is 5.56 Å². The van der Waals surface area contributed by atoms with E-state index in [1.165, 1.54) is 31.6 Å². The number of ether oxygens (including phenoxy) is 3. The predicted octanol–water partition coefficient (Wildman–Crippen LogP) is 3.02. The fourth-order valence-electron chi connectivity index (χ4n) is 2.84. The molecule has 9 nitrogen and oxygen atoms in total. The molecule has 0 aliphatic carbocycles. The Balaban J connectivity index is 2.17. The zero-order chi connectivity index (χ0) is 21.0. The van der Waals surface area contributed by atoms with E-state index in [1.807, 2.05) is 28.8 Å². The lowest BCUT2D eigenvalue weighted by molar-refractivity contribution is -0.385. The lowest BCUT2D eigenvalue weighted by Crippen LogP contribution is -2.19. The Kier molecular flexibility index (Phi) is 6.25. The summed E-state index contributed by atoms with van der Waals surface area (Å²) in [5.74, 6) is -0.372. The molecule has 3 rings (SSSR count). The van der Waals surface area contributed by atoms with Gasteiger partial charge in [-0.15, -0.1) is 0 Å². The van der Waals surface area contributed by atoms with Crippen LogP contribution in [0.4, 0.5) is 5.69 Å². The minimum absolute atomic E-state index is 0.160. The molecular formula is C19H19N3O6S. The highest BCUT2D eigenvalue weighted by molar-refractivity contribution is 7.16. The first kappa shape index (κ1) is 20.5. The second kappa shape index (κ2) is 8.84. The van der Waals surface area contributed by atoms with Crippen molar-refractivity contribution in [3.63, 3.8) is 0 Å². The molecule has 1 aromatic heterocycles. The molecule has 2 aromatic carbocycles. The summed E-state index contributed by atoms with van der Waals surface area (Å²) in [6, 6.07) is 10.1. The van der Waals surface area contributed by atoms with Gasteiger partial charge in [0.05, 0.1) is 42.0 Å². The van der Waals surface area contributed by atoms with E-state index in [0.717, 1.165) is 16.3 Å². The molecule has 152 valence electrons. The SMILES string of the molecule is COCCn1c(=NC(=O)c2cc(OC)c(OC)cc2[N+](=O)[O-])sc2ccccc21. The number of benzene rings is 2. The molecule has 0 saturated heterocycles. The van der Waals surface area contributed by atoms with E-state index >= 15 is 0 Å². The molecule has 0 aliphatic heterocycles. The maximum Gasteiger partial charge on any atom is 0.286 e. The lowest BCUT2D eigenvalue weighted by Gasteiger charge is -2.09. The van der Waals surface area contributed by atoms with Crippen molar-refractivity contribution in [2.45, 2.75) is 6.54 Å². The molecule has 0 N–H and O–H groups in total. The van der Waals surface area contributed by atoms with E-state index in [4.69, 9.17) is 14.2 Å². The molecule has 1 heterocycles. The van der Waals surface area contributed by atoms with E-state index in [-0.39, 0.29) is 17.1 Å². The number of amides is 1. The number of fused-ring (bicyclic) bond motifs is 1. The average molecular weight is 417 g/mol. The summed E-state index contributed by atoms with van der Waals surface area (Å²) in [6.45, 7) is 0.916. The quantitative estimate of drug-likeness (QED) is 0.432. The molecule has 0 fully saturated rings. The van der Waals surface area contributed by atoms with Crippen LogP contribution in [-0.2, 0) is 11.3 Å². The first-order chi connectivity index (χ1) is 14.0. The standard InChI is InChI=1S/C19H19N3O6S/c1-26-9-8-21-13-6-4-5-7-17(13)29-19(21)20-18(23)12-10-15(27-2)16(28-3)11-14(12)22(24)25/h4-7,10-11H,8-9H2,1-3H3. The number of aromatic nitrogens is 1. The highest BCUT2D eigenvalue weighted by Gasteiger charge is 2.24. The zero-order valence-electron chi connectivity index (χ0n) is 16.1. The molecule has 29 heavy (non-hydrogen) atoms. The summed E-state index contributed by atoms with van der Waals surface area (Å²) in [5.41, 5.74) is 0.326. The maximum atomic E-state index is 12.9. The van der Waals surface area contributed by atoms with Crippen LogP contribution in [0.15, 0.2) is 41.4 Å². The number of nitro benzene ring substituents is 1. The lowest BCUT2D eigenvalue weighted by atomic mass is 10.1. The maximum absolute atomic E-state index is 12.9. The van der Waals surface area contributed by atoms with Crippen molar-refractivity contribution in [2.24, 2.45) is 4.99 Å². The third kappa shape index (κ3) is 4.13. The number of methoxy groups -OCH3 is 3. The van der Waals surface area contributed by atoms with Gasteiger partial charge in [-0.25, -0.2) is 0 Å². The van der Waals surface area contributed by atoms with Gasteiger partial charge in [-0.1, -0.05) is 23.5 Å². The van der Waals surface area contributed by atoms with Crippen molar-refractivity contribution in [3.05, 3.63) is 56.9 Å². The third-order valence-corrected chi connectivity index (χ3v) is 5.29. The van der Waals surface area contributed by atoms with Gasteiger partial charge in [-0.2, -0.15) is 4.99 Å². The fourth-order valence-corrected chi connectivity index (χ4v) is 3.90. The van der Waals surface area contributed by atoms with Gasteiger partial charge in [0.15, 0.2) is 16.3 Å². The summed E-state index contributed by atoms with van der Waals surface area (Å²) in [7, 11) is 4.34. The van der Waals surface area contributed by atoms with E-state index in [9.17, 15) is 14.9 Å². The van der Waals surface area contributed by atoms with Gasteiger partial charge in [-0.05, 0) is 12.1 Å². The monoisotopic (exact) mass is 417 g/mol. The minimum atomic E-state index is -0.740. The Hall–Kier alpha value is -3.24. The Morgan fingerprint density at radius 3 is 2.52 bits per heavy atom. The number of carbonyl (C=O) groups excluding carboxylic acids is 1. The molecule has 1 amide bonds. The predicted molar refractivity (Wildman–Crippen MR) is 108 cm³/mol. The number of thiazole rings is 1. The number of hydrogen-bond acceptors (Lipinski definition) is 7. The molecule has 0 saturated carbocycles. The second-order valence-electron chi connectivity index (χ2n) is 5.90. The molecule has 3 aromatic rings. The summed E-state index contributed by atoms with van der Waals surface area (Å²) < 4.78 is 18.2. The van der Waals surface area contributed by atoms with Crippen LogP contribution < -0.4 is 14.3 Å². The number of carbonyl (C=O) groups is 1. The molecule has 0 spiro atoms. The van der Waals surface area contributed by atoms with Crippen LogP contribution in [0.1, 0.15) is 10.4 Å². The van der Waals surface area contributed by atoms with Crippen molar-refractivity contribution < 1.29 is 23.9 Å². The van der Waals surface area contributed by atoms with Crippen molar-refractivity contribution in [3.8, 4) is 11.5 Å². The third-order valence-electron chi connectivity index (χ3n) is 4.23. The highest BCUT2D eigenvalue weighted by Crippen LogP contribution is 2.34. The van der Waals surface area contributed by atoms with Crippen molar-refractivity contribution in [1.82, 2.24) is 4.57 Å². The van der Waals surface area contributed by atoms with E-state index in [1.54, 1.807) is 7.11 Å². The van der Waals surface area contributed by atoms with Crippen molar-refractivity contribution in [2.75, 3.05) is 27.9 Å². The zero-order valence-corrected chi connectivity index (χ0v) is 16.9. The first-order valence-corrected chi connectivity index (χ1v) is 9.38. The summed E-state index contributed by atoms with van der Waals surface area (Å²) in [4.78, 5) is 28.4. The van der Waals surface area contributed by atoms with Crippen molar-refractivity contribution >= 4 is 33.1 Å². The van der Waals surface area contributed by atoms with E-state index in [2.05, 4.69) is 4.99 Å². The summed E-state index contributed by atoms with van der Waals surface area (Å²) in [5, 5.41) is 11.5. The van der Waals surface area contributed by atoms with Gasteiger partial charge < -0.3 is 18.8 Å². The van der Waals surface area contributed by atoms with E-state index < -0.39 is 16.5 Å². The van der Waals surface area contributed by atoms with Crippen LogP contribution in [0.3, 0.4) is 0 Å². The normalized spacial score (nSPS) is 11.6. The van der Waals surface area contributed by atoms with Crippen LogP contribution in [-0.4, -0.2) is 43.3 Å². The Morgan fingerprint density at radius 2 is 1.86 bits per heavy atom. The van der Waals surface area contributed by atoms with Gasteiger partial charge in [0.25, 0.3) is 11.6 Å². The van der Waals surface area contributed by atoms with Crippen LogP contribution in [0.5, 0.6) is 11.5 Å². The second-order valence-corrected chi connectivity index (χ2v) is 6.90. The van der Waals surface area contributed by atoms with Crippen LogP contribution in [0.2, 0.25) is 0 Å². The van der Waals surface area contributed by atoms with Gasteiger partial charge >= 0.3 is 0 Å². The van der Waals surface area contributed by atoms with Crippen LogP contribution in [0.25, 0.3) is 10.2 Å². The number of nitro groups is 1. The molecule has 0 atom stereocenters. The Morgan fingerprint density at radius 1 is 1.17 bits per heavy atom. The number of para-hydroxylation sites is 1. The summed E-state index contributed by atoms with van der Waals surface area (Å²) >= 11 is 1.32. The fraction of sp³-hybridized carbons (Fsp3) is 0.263. The molecule has 0 aliphatic rings.